The van der Waals surface area contributed by atoms with Gasteiger partial charge >= 0.3 is 6.09 Å². The molecular weight excluding hydrogens is 380 g/mol. The molecule has 0 N–H and O–H groups in total. The number of hydrogen-bond acceptors (Lipinski definition) is 4. The number of fused-ring (bicyclic) bond motifs is 2. The molecule has 4 rings (SSSR count). The van der Waals surface area contributed by atoms with E-state index in [2.05, 4.69) is 0 Å². The lowest BCUT2D eigenvalue weighted by Crippen LogP contribution is -2.55. The fourth-order valence-corrected chi connectivity index (χ4v) is 4.60. The Morgan fingerprint density at radius 2 is 1.70 bits per heavy atom. The van der Waals surface area contributed by atoms with Crippen LogP contribution < -0.4 is 4.90 Å². The first-order valence-corrected chi connectivity index (χ1v) is 10.1. The van der Waals surface area contributed by atoms with Gasteiger partial charge in [-0.25, -0.2) is 9.69 Å². The fourth-order valence-electron chi connectivity index (χ4n) is 4.60. The van der Waals surface area contributed by atoms with Gasteiger partial charge in [0.25, 0.3) is 5.91 Å². The van der Waals surface area contributed by atoms with E-state index >= 15 is 0 Å². The summed E-state index contributed by atoms with van der Waals surface area (Å²) in [6.45, 7) is 7.21. The van der Waals surface area contributed by atoms with Crippen LogP contribution in [0.3, 0.4) is 0 Å². The topological polar surface area (TPSA) is 66.9 Å². The first-order chi connectivity index (χ1) is 14.1. The zero-order valence-electron chi connectivity index (χ0n) is 17.9. The summed E-state index contributed by atoms with van der Waals surface area (Å²) in [6.07, 6.45) is -0.739. The van der Waals surface area contributed by atoms with Crippen LogP contribution in [0, 0.1) is 6.92 Å². The number of likely N-dealkylation sites (N-methyl/N-ethyl adjacent to an activating group) is 1. The maximum absolute atomic E-state index is 13.8. The van der Waals surface area contributed by atoms with Crippen LogP contribution >= 0.6 is 0 Å². The molecule has 0 aliphatic carbocycles. The zero-order valence-corrected chi connectivity index (χ0v) is 17.9. The van der Waals surface area contributed by atoms with E-state index in [0.29, 0.717) is 11.3 Å². The van der Waals surface area contributed by atoms with E-state index in [1.165, 1.54) is 4.90 Å². The molecule has 2 atom stereocenters. The Labute approximate surface area is 176 Å². The van der Waals surface area contributed by atoms with Crippen molar-refractivity contribution < 1.29 is 19.1 Å². The second-order valence-electron chi connectivity index (χ2n) is 9.02. The highest BCUT2D eigenvalue weighted by Crippen LogP contribution is 2.56. The molecular formula is C24H26N2O4. The molecule has 2 aliphatic heterocycles. The summed E-state index contributed by atoms with van der Waals surface area (Å²) in [5.41, 5.74) is 1.02. The minimum Gasteiger partial charge on any atom is -0.443 e. The number of anilines is 1. The molecule has 0 unspecified atom stereocenters. The summed E-state index contributed by atoms with van der Waals surface area (Å²) in [5, 5.41) is 0. The highest BCUT2D eigenvalue weighted by molar-refractivity contribution is 6.15. The monoisotopic (exact) mass is 406 g/mol. The van der Waals surface area contributed by atoms with Crippen LogP contribution in [0.4, 0.5) is 10.5 Å². The van der Waals surface area contributed by atoms with E-state index in [9.17, 15) is 14.4 Å². The standard InChI is InChI=1S/C24H26N2O4/c1-15-10-12-16(13-11-15)18-14-20(27)26(22(29)30-23(2,3)4)24(18)17-8-6-7-9-19(17)25(5)21(24)28/h6-13,18H,14H2,1-5H3/t18-,24-/m1/s1. The van der Waals surface area contributed by atoms with Crippen molar-refractivity contribution >= 4 is 23.6 Å². The Morgan fingerprint density at radius 1 is 1.07 bits per heavy atom. The van der Waals surface area contributed by atoms with Gasteiger partial charge in [0.05, 0.1) is 0 Å². The fraction of sp³-hybridized carbons (Fsp3) is 0.375. The van der Waals surface area contributed by atoms with Gasteiger partial charge in [-0.05, 0) is 39.3 Å². The van der Waals surface area contributed by atoms with Crippen molar-refractivity contribution in [2.75, 3.05) is 11.9 Å². The smallest absolute Gasteiger partial charge is 0.418 e. The first kappa shape index (κ1) is 20.1. The average Bonchev–Trinajstić information content (AvgIpc) is 3.10. The van der Waals surface area contributed by atoms with Crippen molar-refractivity contribution in [3.63, 3.8) is 0 Å². The van der Waals surface area contributed by atoms with Crippen molar-refractivity contribution in [1.29, 1.82) is 0 Å². The molecule has 0 radical (unpaired) electrons. The van der Waals surface area contributed by atoms with Crippen LogP contribution in [0.5, 0.6) is 0 Å². The van der Waals surface area contributed by atoms with E-state index in [4.69, 9.17) is 4.74 Å². The molecule has 2 heterocycles. The van der Waals surface area contributed by atoms with Crippen LogP contribution in [0.1, 0.15) is 49.8 Å². The van der Waals surface area contributed by atoms with Crippen molar-refractivity contribution in [3.8, 4) is 0 Å². The highest BCUT2D eigenvalue weighted by Gasteiger charge is 2.67. The lowest BCUT2D eigenvalue weighted by Gasteiger charge is -2.37. The van der Waals surface area contributed by atoms with Crippen LogP contribution in [0.15, 0.2) is 48.5 Å². The SMILES string of the molecule is Cc1ccc([C@H]2CC(=O)N(C(=O)OC(C)(C)C)[C@@]23C(=O)N(C)c2ccccc23)cc1. The molecule has 1 fully saturated rings. The molecule has 6 heteroatoms. The molecule has 2 aromatic rings. The third kappa shape index (κ3) is 2.82. The molecule has 0 bridgehead atoms. The van der Waals surface area contributed by atoms with E-state index in [1.807, 2.05) is 55.5 Å². The van der Waals surface area contributed by atoms with E-state index < -0.39 is 29.1 Å². The maximum Gasteiger partial charge on any atom is 0.418 e. The largest absolute Gasteiger partial charge is 0.443 e. The second-order valence-corrected chi connectivity index (χ2v) is 9.02. The number of ether oxygens (including phenoxy) is 1. The van der Waals surface area contributed by atoms with Gasteiger partial charge in [-0.3, -0.25) is 9.59 Å². The number of benzene rings is 2. The Balaban J connectivity index is 1.96. The van der Waals surface area contributed by atoms with Crippen molar-refractivity contribution in [3.05, 3.63) is 65.2 Å². The molecule has 0 aromatic heterocycles. The van der Waals surface area contributed by atoms with E-state index in [-0.39, 0.29) is 12.3 Å². The van der Waals surface area contributed by atoms with Crippen LogP contribution in [0.25, 0.3) is 0 Å². The highest BCUT2D eigenvalue weighted by atomic mass is 16.6. The van der Waals surface area contributed by atoms with Gasteiger partial charge < -0.3 is 9.64 Å². The lowest BCUT2D eigenvalue weighted by molar-refractivity contribution is -0.138. The summed E-state index contributed by atoms with van der Waals surface area (Å²) in [5.74, 6) is -1.21. The Hall–Kier alpha value is -3.15. The number of para-hydroxylation sites is 1. The predicted octanol–water partition coefficient (Wildman–Crippen LogP) is 4.12. The van der Waals surface area contributed by atoms with Gasteiger partial charge in [-0.15, -0.1) is 0 Å². The number of hydrogen-bond donors (Lipinski definition) is 0. The number of imide groups is 1. The molecule has 0 saturated carbocycles. The molecule has 1 saturated heterocycles. The average molecular weight is 406 g/mol. The summed E-state index contributed by atoms with van der Waals surface area (Å²) >= 11 is 0. The molecule has 30 heavy (non-hydrogen) atoms. The number of carbonyl (C=O) groups is 3. The van der Waals surface area contributed by atoms with E-state index in [1.54, 1.807) is 27.8 Å². The number of aryl methyl sites for hydroxylation is 1. The molecule has 156 valence electrons. The van der Waals surface area contributed by atoms with Gasteiger partial charge in [-0.2, -0.15) is 0 Å². The molecule has 1 spiro atoms. The van der Waals surface area contributed by atoms with Gasteiger partial charge in [0.1, 0.15) is 5.60 Å². The molecule has 2 aliphatic rings. The number of carbonyl (C=O) groups excluding carboxylic acids is 3. The van der Waals surface area contributed by atoms with E-state index in [0.717, 1.165) is 16.0 Å². The summed E-state index contributed by atoms with van der Waals surface area (Å²) in [4.78, 5) is 42.9. The van der Waals surface area contributed by atoms with Crippen molar-refractivity contribution in [2.24, 2.45) is 0 Å². The number of amides is 3. The van der Waals surface area contributed by atoms with Crippen LogP contribution in [-0.4, -0.2) is 35.5 Å². The number of likely N-dealkylation sites (tertiary alicyclic amines) is 1. The van der Waals surface area contributed by atoms with Gasteiger partial charge in [0, 0.05) is 30.6 Å². The summed E-state index contributed by atoms with van der Waals surface area (Å²) < 4.78 is 5.58. The van der Waals surface area contributed by atoms with Gasteiger partial charge in [0.15, 0.2) is 5.54 Å². The molecule has 6 nitrogen and oxygen atoms in total. The Bertz CT molecular complexity index is 1040. The second kappa shape index (κ2) is 6.69. The van der Waals surface area contributed by atoms with Crippen molar-refractivity contribution in [1.82, 2.24) is 4.90 Å². The van der Waals surface area contributed by atoms with Crippen molar-refractivity contribution in [2.45, 2.75) is 51.2 Å². The third-order valence-corrected chi connectivity index (χ3v) is 5.85. The molecule has 3 amide bonds. The van der Waals surface area contributed by atoms with Gasteiger partial charge in [-0.1, -0.05) is 48.0 Å². The normalized spacial score (nSPS) is 23.3. The molecule has 2 aromatic carbocycles. The predicted molar refractivity (Wildman–Crippen MR) is 113 cm³/mol. The Morgan fingerprint density at radius 3 is 2.33 bits per heavy atom. The Kier molecular flexibility index (Phi) is 4.49. The summed E-state index contributed by atoms with van der Waals surface area (Å²) in [7, 11) is 1.68. The lowest BCUT2D eigenvalue weighted by atomic mass is 9.75. The number of nitrogens with zero attached hydrogens (tertiary/aromatic N) is 2. The maximum atomic E-state index is 13.8. The first-order valence-electron chi connectivity index (χ1n) is 10.1. The summed E-state index contributed by atoms with van der Waals surface area (Å²) in [6, 6.07) is 15.1. The third-order valence-electron chi connectivity index (χ3n) is 5.85. The minimum absolute atomic E-state index is 0.0518. The van der Waals surface area contributed by atoms with Crippen LogP contribution in [-0.2, 0) is 19.9 Å². The number of rotatable bonds is 1. The minimum atomic E-state index is -1.46. The van der Waals surface area contributed by atoms with Crippen LogP contribution in [0.2, 0.25) is 0 Å². The quantitative estimate of drug-likeness (QED) is 0.715. The van der Waals surface area contributed by atoms with Gasteiger partial charge in [0.2, 0.25) is 5.91 Å². The zero-order chi connectivity index (χ0) is 21.8.